The Hall–Kier alpha value is -0.610. The number of nitrogens with zero attached hydrogens (tertiary/aromatic N) is 1. The van der Waals surface area contributed by atoms with Crippen LogP contribution in [0.4, 0.5) is 0 Å². The summed E-state index contributed by atoms with van der Waals surface area (Å²) in [5.74, 6) is 1.17. The predicted molar refractivity (Wildman–Crippen MR) is 87.0 cm³/mol. The highest BCUT2D eigenvalue weighted by molar-refractivity contribution is 5.85. The van der Waals surface area contributed by atoms with Crippen molar-refractivity contribution in [2.24, 2.45) is 17.6 Å². The van der Waals surface area contributed by atoms with Gasteiger partial charge in [-0.15, -0.1) is 0 Å². The predicted octanol–water partition coefficient (Wildman–Crippen LogP) is 2.13. The van der Waals surface area contributed by atoms with Crippen LogP contribution in [0.2, 0.25) is 0 Å². The first kappa shape index (κ1) is 16.8. The Morgan fingerprint density at radius 2 is 2.19 bits per heavy atom. The lowest BCUT2D eigenvalue weighted by atomic mass is 9.83. The molecular formula is C17H33N3O. The number of carbonyl (C=O) groups is 1. The molecule has 1 saturated carbocycles. The highest BCUT2D eigenvalue weighted by Gasteiger charge is 2.46. The third kappa shape index (κ3) is 3.78. The first-order chi connectivity index (χ1) is 10.1. The fourth-order valence-corrected chi connectivity index (χ4v) is 4.25. The maximum atomic E-state index is 12.1. The van der Waals surface area contributed by atoms with Crippen LogP contribution in [-0.4, -0.2) is 42.5 Å². The molecule has 4 nitrogen and oxygen atoms in total. The van der Waals surface area contributed by atoms with Gasteiger partial charge < -0.3 is 16.0 Å². The quantitative estimate of drug-likeness (QED) is 0.721. The van der Waals surface area contributed by atoms with Crippen LogP contribution in [0.5, 0.6) is 0 Å². The summed E-state index contributed by atoms with van der Waals surface area (Å²) in [5.41, 5.74) is 5.35. The van der Waals surface area contributed by atoms with Gasteiger partial charge in [-0.05, 0) is 63.6 Å². The lowest BCUT2D eigenvalue weighted by molar-refractivity contribution is -0.126. The maximum Gasteiger partial charge on any atom is 0.238 e. The van der Waals surface area contributed by atoms with Gasteiger partial charge in [-0.25, -0.2) is 0 Å². The molecule has 2 fully saturated rings. The van der Waals surface area contributed by atoms with Gasteiger partial charge in [0, 0.05) is 6.54 Å². The van der Waals surface area contributed by atoms with Crippen molar-refractivity contribution in [2.75, 3.05) is 26.2 Å². The number of nitrogens with one attached hydrogen (secondary N) is 1. The molecule has 2 aliphatic rings. The Bertz CT molecular complexity index is 347. The van der Waals surface area contributed by atoms with Crippen molar-refractivity contribution in [3.05, 3.63) is 0 Å². The van der Waals surface area contributed by atoms with Crippen LogP contribution >= 0.6 is 0 Å². The van der Waals surface area contributed by atoms with Gasteiger partial charge >= 0.3 is 0 Å². The molecule has 3 atom stereocenters. The molecule has 3 N–H and O–H groups in total. The molecule has 0 aromatic heterocycles. The summed E-state index contributed by atoms with van der Waals surface area (Å²) in [7, 11) is 0. The summed E-state index contributed by atoms with van der Waals surface area (Å²) in [4.78, 5) is 14.7. The zero-order valence-electron chi connectivity index (χ0n) is 13.9. The minimum absolute atomic E-state index is 0.133. The number of amides is 1. The lowest BCUT2D eigenvalue weighted by Gasteiger charge is -2.34. The van der Waals surface area contributed by atoms with Gasteiger partial charge in [0.15, 0.2) is 0 Å². The average molecular weight is 295 g/mol. The SMILES string of the molecule is CCCNC1(C(N)=O)CCCC1CCN1CCC(CC)C1. The van der Waals surface area contributed by atoms with E-state index in [1.165, 1.54) is 25.9 Å². The number of hydrogen-bond donors (Lipinski definition) is 2. The van der Waals surface area contributed by atoms with Crippen LogP contribution in [0.3, 0.4) is 0 Å². The molecule has 0 bridgehead atoms. The molecular weight excluding hydrogens is 262 g/mol. The van der Waals surface area contributed by atoms with E-state index in [2.05, 4.69) is 24.1 Å². The lowest BCUT2D eigenvalue weighted by Crippen LogP contribution is -2.58. The number of nitrogens with two attached hydrogens (primary N) is 1. The molecule has 0 aromatic rings. The number of likely N-dealkylation sites (tertiary alicyclic amines) is 1. The fraction of sp³-hybridized carbons (Fsp3) is 0.941. The number of carbonyl (C=O) groups excluding carboxylic acids is 1. The van der Waals surface area contributed by atoms with E-state index in [0.29, 0.717) is 5.92 Å². The van der Waals surface area contributed by atoms with E-state index in [4.69, 9.17) is 5.73 Å². The molecule has 1 aliphatic carbocycles. The van der Waals surface area contributed by atoms with Crippen molar-refractivity contribution in [3.63, 3.8) is 0 Å². The first-order valence-corrected chi connectivity index (χ1v) is 8.89. The Balaban J connectivity index is 1.89. The van der Waals surface area contributed by atoms with Crippen molar-refractivity contribution in [1.82, 2.24) is 10.2 Å². The first-order valence-electron chi connectivity index (χ1n) is 8.89. The van der Waals surface area contributed by atoms with Crippen molar-refractivity contribution >= 4 is 5.91 Å². The smallest absolute Gasteiger partial charge is 0.238 e. The van der Waals surface area contributed by atoms with Gasteiger partial charge in [-0.3, -0.25) is 4.79 Å². The maximum absolute atomic E-state index is 12.1. The number of primary amides is 1. The van der Waals surface area contributed by atoms with Gasteiger partial charge in [0.2, 0.25) is 5.91 Å². The molecule has 2 rings (SSSR count). The highest BCUT2D eigenvalue weighted by atomic mass is 16.1. The van der Waals surface area contributed by atoms with Crippen LogP contribution in [0.25, 0.3) is 0 Å². The molecule has 0 spiro atoms. The fourth-order valence-electron chi connectivity index (χ4n) is 4.25. The van der Waals surface area contributed by atoms with Crippen LogP contribution in [0.1, 0.15) is 58.8 Å². The van der Waals surface area contributed by atoms with Crippen LogP contribution in [-0.2, 0) is 4.79 Å². The third-order valence-corrected chi connectivity index (χ3v) is 5.69. The normalized spacial score (nSPS) is 33.6. The van der Waals surface area contributed by atoms with Crippen molar-refractivity contribution in [2.45, 2.75) is 64.3 Å². The zero-order valence-corrected chi connectivity index (χ0v) is 13.9. The second-order valence-corrected chi connectivity index (χ2v) is 7.00. The molecule has 21 heavy (non-hydrogen) atoms. The molecule has 1 amide bonds. The van der Waals surface area contributed by atoms with Crippen molar-refractivity contribution in [1.29, 1.82) is 0 Å². The summed E-state index contributed by atoms with van der Waals surface area (Å²) < 4.78 is 0. The summed E-state index contributed by atoms with van der Waals surface area (Å²) in [6, 6.07) is 0. The standard InChI is InChI=1S/C17H33N3O/c1-3-10-19-17(16(18)21)9-5-6-15(17)8-12-20-11-7-14(4-2)13-20/h14-15,19H,3-13H2,1-2H3,(H2,18,21). The summed E-state index contributed by atoms with van der Waals surface area (Å²) in [5, 5.41) is 3.50. The number of hydrogen-bond acceptors (Lipinski definition) is 3. The van der Waals surface area contributed by atoms with Gasteiger partial charge in [0.05, 0.1) is 0 Å². The third-order valence-electron chi connectivity index (χ3n) is 5.69. The molecule has 0 radical (unpaired) electrons. The molecule has 122 valence electrons. The topological polar surface area (TPSA) is 58.4 Å². The van der Waals surface area contributed by atoms with Crippen molar-refractivity contribution in [3.8, 4) is 0 Å². The summed E-state index contributed by atoms with van der Waals surface area (Å²) in [6.45, 7) is 8.93. The van der Waals surface area contributed by atoms with E-state index < -0.39 is 5.54 Å². The monoisotopic (exact) mass is 295 g/mol. The van der Waals surface area contributed by atoms with E-state index >= 15 is 0 Å². The average Bonchev–Trinajstić information content (AvgIpc) is 3.10. The molecule has 3 unspecified atom stereocenters. The van der Waals surface area contributed by atoms with E-state index in [9.17, 15) is 4.79 Å². The molecule has 1 aliphatic heterocycles. The van der Waals surface area contributed by atoms with Crippen LogP contribution in [0, 0.1) is 11.8 Å². The van der Waals surface area contributed by atoms with E-state index in [-0.39, 0.29) is 5.91 Å². The van der Waals surface area contributed by atoms with Gasteiger partial charge in [0.25, 0.3) is 0 Å². The second kappa shape index (κ2) is 7.59. The number of rotatable bonds is 8. The molecule has 1 heterocycles. The Morgan fingerprint density at radius 1 is 1.38 bits per heavy atom. The summed E-state index contributed by atoms with van der Waals surface area (Å²) >= 11 is 0. The Labute approximate surface area is 129 Å². The minimum Gasteiger partial charge on any atom is -0.368 e. The van der Waals surface area contributed by atoms with Crippen LogP contribution < -0.4 is 11.1 Å². The molecule has 4 heteroatoms. The Kier molecular flexibility index (Phi) is 6.06. The zero-order chi connectivity index (χ0) is 15.3. The van der Waals surface area contributed by atoms with Gasteiger partial charge in [-0.2, -0.15) is 0 Å². The molecule has 1 saturated heterocycles. The van der Waals surface area contributed by atoms with Crippen LogP contribution in [0.15, 0.2) is 0 Å². The van der Waals surface area contributed by atoms with E-state index in [1.807, 2.05) is 0 Å². The minimum atomic E-state index is -0.431. The Morgan fingerprint density at radius 3 is 2.81 bits per heavy atom. The van der Waals surface area contributed by atoms with Crippen molar-refractivity contribution < 1.29 is 4.79 Å². The van der Waals surface area contributed by atoms with E-state index in [1.54, 1.807) is 0 Å². The second-order valence-electron chi connectivity index (χ2n) is 7.00. The van der Waals surface area contributed by atoms with Gasteiger partial charge in [-0.1, -0.05) is 26.7 Å². The summed E-state index contributed by atoms with van der Waals surface area (Å²) in [6.07, 6.45) is 7.98. The largest absolute Gasteiger partial charge is 0.368 e. The van der Waals surface area contributed by atoms with Gasteiger partial charge in [0.1, 0.15) is 5.54 Å². The molecule has 0 aromatic carbocycles. The van der Waals surface area contributed by atoms with E-state index in [0.717, 1.165) is 51.1 Å². The highest BCUT2D eigenvalue weighted by Crippen LogP contribution is 2.38.